The summed E-state index contributed by atoms with van der Waals surface area (Å²) in [5.41, 5.74) is 4.37. The topological polar surface area (TPSA) is 79.8 Å². The maximum absolute atomic E-state index is 12.2. The van der Waals surface area contributed by atoms with Gasteiger partial charge in [0.1, 0.15) is 5.75 Å². The lowest BCUT2D eigenvalue weighted by Gasteiger charge is -2.07. The van der Waals surface area contributed by atoms with E-state index in [2.05, 4.69) is 15.8 Å². The summed E-state index contributed by atoms with van der Waals surface area (Å²) >= 11 is 6.02. The van der Waals surface area contributed by atoms with Crippen LogP contribution in [0.25, 0.3) is 10.8 Å². The first-order chi connectivity index (χ1) is 16.1. The Kier molecular flexibility index (Phi) is 6.97. The highest BCUT2D eigenvalue weighted by Gasteiger charge is 2.12. The van der Waals surface area contributed by atoms with Crippen LogP contribution in [-0.2, 0) is 4.79 Å². The number of carbonyl (C=O) groups is 2. The number of halogens is 1. The third kappa shape index (κ3) is 5.96. The van der Waals surface area contributed by atoms with E-state index in [1.807, 2.05) is 42.5 Å². The molecule has 4 aromatic carbocycles. The number of hydrogen-bond acceptors (Lipinski definition) is 5. The van der Waals surface area contributed by atoms with Crippen molar-refractivity contribution in [3.05, 3.63) is 107 Å². The molecule has 0 atom stereocenters. The van der Waals surface area contributed by atoms with Gasteiger partial charge in [-0.1, -0.05) is 54.1 Å². The van der Waals surface area contributed by atoms with Crippen molar-refractivity contribution in [1.82, 2.24) is 5.43 Å². The Morgan fingerprint density at radius 1 is 0.879 bits per heavy atom. The van der Waals surface area contributed by atoms with E-state index in [0.717, 1.165) is 22.0 Å². The molecule has 7 heteroatoms. The fraction of sp³-hybridized carbons (Fsp3) is 0.0385. The molecule has 2 N–H and O–H groups in total. The van der Waals surface area contributed by atoms with E-state index in [0.29, 0.717) is 16.3 Å². The van der Waals surface area contributed by atoms with Crippen LogP contribution >= 0.6 is 11.6 Å². The third-order valence-electron chi connectivity index (χ3n) is 4.79. The smallest absolute Gasteiger partial charge is 0.345 e. The second kappa shape index (κ2) is 10.4. The molecular formula is C26H20ClN3O3. The summed E-state index contributed by atoms with van der Waals surface area (Å²) in [6.45, 7) is 0.0899. The fourth-order valence-electron chi connectivity index (χ4n) is 3.11. The molecule has 0 spiro atoms. The number of benzene rings is 4. The minimum Gasteiger partial charge on any atom is -0.423 e. The molecule has 4 rings (SSSR count). The number of fused-ring (bicyclic) bond motifs is 1. The molecule has 0 heterocycles. The summed E-state index contributed by atoms with van der Waals surface area (Å²) in [4.78, 5) is 24.3. The second-order valence-corrected chi connectivity index (χ2v) is 7.55. The number of nitrogens with zero attached hydrogens (tertiary/aromatic N) is 1. The largest absolute Gasteiger partial charge is 0.423 e. The Morgan fingerprint density at radius 2 is 1.61 bits per heavy atom. The number of rotatable bonds is 7. The van der Waals surface area contributed by atoms with Gasteiger partial charge in [0, 0.05) is 5.69 Å². The number of ether oxygens (including phenoxy) is 1. The van der Waals surface area contributed by atoms with Gasteiger partial charge in [-0.3, -0.25) is 4.79 Å². The quantitative estimate of drug-likeness (QED) is 0.171. The number of hydrogen-bond donors (Lipinski definition) is 2. The zero-order chi connectivity index (χ0) is 23.0. The van der Waals surface area contributed by atoms with Gasteiger partial charge in [-0.2, -0.15) is 5.10 Å². The summed E-state index contributed by atoms with van der Waals surface area (Å²) in [7, 11) is 0. The maximum atomic E-state index is 12.2. The predicted molar refractivity (Wildman–Crippen MR) is 131 cm³/mol. The molecule has 1 amide bonds. The van der Waals surface area contributed by atoms with Crippen LogP contribution in [0.2, 0.25) is 5.02 Å². The van der Waals surface area contributed by atoms with Crippen LogP contribution in [0.5, 0.6) is 5.75 Å². The molecule has 0 aliphatic rings. The SMILES string of the molecule is O=C(CNc1ccc2ccccc2c1)NN=Cc1ccc(OC(=O)c2ccccc2Cl)cc1. The molecule has 0 saturated heterocycles. The van der Waals surface area contributed by atoms with Gasteiger partial charge in [-0.05, 0) is 64.9 Å². The Hall–Kier alpha value is -4.16. The van der Waals surface area contributed by atoms with Crippen molar-refractivity contribution in [2.24, 2.45) is 5.10 Å². The normalized spacial score (nSPS) is 10.8. The maximum Gasteiger partial charge on any atom is 0.345 e. The fourth-order valence-corrected chi connectivity index (χ4v) is 3.32. The zero-order valence-electron chi connectivity index (χ0n) is 17.5. The van der Waals surface area contributed by atoms with Gasteiger partial charge in [0.05, 0.1) is 23.3 Å². The van der Waals surface area contributed by atoms with Gasteiger partial charge >= 0.3 is 5.97 Å². The number of nitrogens with one attached hydrogen (secondary N) is 2. The lowest BCUT2D eigenvalue weighted by molar-refractivity contribution is -0.119. The Morgan fingerprint density at radius 3 is 2.39 bits per heavy atom. The minimum atomic E-state index is -0.534. The molecule has 0 radical (unpaired) electrons. The van der Waals surface area contributed by atoms with Crippen LogP contribution in [0.15, 0.2) is 96.1 Å². The minimum absolute atomic E-state index is 0.0899. The molecule has 0 saturated carbocycles. The zero-order valence-corrected chi connectivity index (χ0v) is 18.3. The van der Waals surface area contributed by atoms with Crippen molar-refractivity contribution in [3.8, 4) is 5.75 Å². The number of hydrazone groups is 1. The van der Waals surface area contributed by atoms with Crippen molar-refractivity contribution < 1.29 is 14.3 Å². The number of amides is 1. The van der Waals surface area contributed by atoms with Gasteiger partial charge < -0.3 is 10.1 Å². The molecule has 0 unspecified atom stereocenters. The van der Waals surface area contributed by atoms with Crippen LogP contribution in [0.3, 0.4) is 0 Å². The molecule has 6 nitrogen and oxygen atoms in total. The Balaban J connectivity index is 1.26. The molecule has 0 aliphatic carbocycles. The lowest BCUT2D eigenvalue weighted by atomic mass is 10.1. The summed E-state index contributed by atoms with van der Waals surface area (Å²) < 4.78 is 5.33. The molecule has 0 aliphatic heterocycles. The van der Waals surface area contributed by atoms with Crippen LogP contribution in [0.4, 0.5) is 5.69 Å². The molecular weight excluding hydrogens is 438 g/mol. The van der Waals surface area contributed by atoms with Crippen molar-refractivity contribution in [2.75, 3.05) is 11.9 Å². The van der Waals surface area contributed by atoms with E-state index in [1.165, 1.54) is 6.21 Å². The average Bonchev–Trinajstić information content (AvgIpc) is 2.84. The molecule has 0 fully saturated rings. The first-order valence-corrected chi connectivity index (χ1v) is 10.6. The van der Waals surface area contributed by atoms with Gasteiger partial charge in [0.15, 0.2) is 0 Å². The van der Waals surface area contributed by atoms with Gasteiger partial charge in [0.2, 0.25) is 0 Å². The van der Waals surface area contributed by atoms with E-state index in [9.17, 15) is 9.59 Å². The molecule has 33 heavy (non-hydrogen) atoms. The van der Waals surface area contributed by atoms with E-state index >= 15 is 0 Å². The monoisotopic (exact) mass is 457 g/mol. The highest BCUT2D eigenvalue weighted by molar-refractivity contribution is 6.33. The number of carbonyl (C=O) groups excluding carboxylic acids is 2. The van der Waals surface area contributed by atoms with Crippen molar-refractivity contribution in [2.45, 2.75) is 0 Å². The van der Waals surface area contributed by atoms with Gasteiger partial charge in [0.25, 0.3) is 5.91 Å². The van der Waals surface area contributed by atoms with Crippen molar-refractivity contribution in [3.63, 3.8) is 0 Å². The Labute approximate surface area is 195 Å². The second-order valence-electron chi connectivity index (χ2n) is 7.15. The predicted octanol–water partition coefficient (Wildman–Crippen LogP) is 5.27. The number of anilines is 1. The highest BCUT2D eigenvalue weighted by Crippen LogP contribution is 2.20. The van der Waals surface area contributed by atoms with Crippen molar-refractivity contribution in [1.29, 1.82) is 0 Å². The third-order valence-corrected chi connectivity index (χ3v) is 5.12. The van der Waals surface area contributed by atoms with E-state index in [-0.39, 0.29) is 12.5 Å². The van der Waals surface area contributed by atoms with Crippen LogP contribution in [0.1, 0.15) is 15.9 Å². The summed E-state index contributed by atoms with van der Waals surface area (Å²) in [5, 5.41) is 9.62. The summed E-state index contributed by atoms with van der Waals surface area (Å²) in [6.07, 6.45) is 1.51. The van der Waals surface area contributed by atoms with Crippen LogP contribution < -0.4 is 15.5 Å². The lowest BCUT2D eigenvalue weighted by Crippen LogP contribution is -2.25. The van der Waals surface area contributed by atoms with Gasteiger partial charge in [-0.25, -0.2) is 10.2 Å². The first-order valence-electron chi connectivity index (χ1n) is 10.2. The van der Waals surface area contributed by atoms with Crippen LogP contribution in [-0.4, -0.2) is 24.6 Å². The molecule has 0 bridgehead atoms. The standard InChI is InChI=1S/C26H20ClN3O3/c27-24-8-4-3-7-23(24)26(32)33-22-13-9-18(10-14-22)16-29-30-25(31)17-28-21-12-11-19-5-1-2-6-20(19)15-21/h1-16,28H,17H2,(H,30,31). The first kappa shape index (κ1) is 22.0. The van der Waals surface area contributed by atoms with Gasteiger partial charge in [-0.15, -0.1) is 0 Å². The molecule has 4 aromatic rings. The van der Waals surface area contributed by atoms with E-state index in [1.54, 1.807) is 48.5 Å². The van der Waals surface area contributed by atoms with Crippen molar-refractivity contribution >= 4 is 46.2 Å². The summed E-state index contributed by atoms with van der Waals surface area (Å²) in [6, 6.07) is 27.4. The van der Waals surface area contributed by atoms with Crippen LogP contribution in [0, 0.1) is 0 Å². The Bertz CT molecular complexity index is 1320. The molecule has 0 aromatic heterocycles. The van der Waals surface area contributed by atoms with E-state index in [4.69, 9.17) is 16.3 Å². The highest BCUT2D eigenvalue weighted by atomic mass is 35.5. The average molecular weight is 458 g/mol. The van der Waals surface area contributed by atoms with E-state index < -0.39 is 5.97 Å². The molecule has 164 valence electrons. The number of esters is 1. The summed E-state index contributed by atoms with van der Waals surface area (Å²) in [5.74, 6) is -0.432.